The predicted molar refractivity (Wildman–Crippen MR) is 49.3 cm³/mol. The number of carbonyl (C=O) groups excluding carboxylic acids is 1. The van der Waals surface area contributed by atoms with E-state index in [2.05, 4.69) is 10.1 Å². The maximum Gasteiger partial charge on any atom is 0.293 e. The maximum atomic E-state index is 11.9. The fourth-order valence-electron chi connectivity index (χ4n) is 0.764. The highest BCUT2D eigenvalue weighted by Gasteiger charge is 2.10. The fraction of sp³-hybridized carbons (Fsp3) is 0.889. The van der Waals surface area contributed by atoms with Gasteiger partial charge < -0.3 is 10.1 Å². The zero-order valence-electron chi connectivity index (χ0n) is 8.47. The van der Waals surface area contributed by atoms with Crippen molar-refractivity contribution in [2.45, 2.75) is 39.0 Å². The van der Waals surface area contributed by atoms with E-state index in [9.17, 15) is 9.18 Å². The third-order valence-electron chi connectivity index (χ3n) is 1.40. The van der Waals surface area contributed by atoms with Crippen LogP contribution in [0, 0.1) is 0 Å². The average Bonchev–Trinajstić information content (AvgIpc) is 2.38. The zero-order valence-corrected chi connectivity index (χ0v) is 8.47. The Balaban J connectivity index is 0.000000223. The molecule has 0 spiro atoms. The zero-order chi connectivity index (χ0) is 10.3. The van der Waals surface area contributed by atoms with Gasteiger partial charge in [-0.1, -0.05) is 0 Å². The molecule has 4 heteroatoms. The van der Waals surface area contributed by atoms with Gasteiger partial charge in [0, 0.05) is 6.54 Å². The van der Waals surface area contributed by atoms with Crippen molar-refractivity contribution in [2.24, 2.45) is 0 Å². The summed E-state index contributed by atoms with van der Waals surface area (Å²) in [6, 6.07) is 0. The Morgan fingerprint density at radius 3 is 2.23 bits per heavy atom. The minimum absolute atomic E-state index is 0.318. The smallest absolute Gasteiger partial charge is 0.293 e. The third kappa shape index (κ3) is 9.27. The molecule has 1 heterocycles. The minimum atomic E-state index is -0.565. The van der Waals surface area contributed by atoms with E-state index >= 15 is 0 Å². The van der Waals surface area contributed by atoms with E-state index in [0.29, 0.717) is 19.4 Å². The lowest BCUT2D eigenvalue weighted by Gasteiger charge is -2.14. The maximum absolute atomic E-state index is 11.9. The van der Waals surface area contributed by atoms with E-state index in [0.717, 1.165) is 6.54 Å². The van der Waals surface area contributed by atoms with Crippen LogP contribution in [-0.4, -0.2) is 31.3 Å². The molecule has 0 aliphatic carbocycles. The third-order valence-corrected chi connectivity index (χ3v) is 1.40. The van der Waals surface area contributed by atoms with Gasteiger partial charge in [-0.05, 0) is 33.7 Å². The Labute approximate surface area is 78.6 Å². The van der Waals surface area contributed by atoms with E-state index in [1.807, 2.05) is 20.8 Å². The molecule has 0 aromatic heterocycles. The van der Waals surface area contributed by atoms with E-state index in [1.165, 1.54) is 0 Å². The number of rotatable bonds is 1. The van der Waals surface area contributed by atoms with Crippen LogP contribution in [0.15, 0.2) is 0 Å². The number of alkyl halides is 1. The molecule has 1 aliphatic heterocycles. The summed E-state index contributed by atoms with van der Waals surface area (Å²) in [7, 11) is 0. The van der Waals surface area contributed by atoms with Gasteiger partial charge in [0.05, 0.1) is 0 Å². The predicted octanol–water partition coefficient (Wildman–Crippen LogP) is 1.28. The molecule has 1 fully saturated rings. The molecule has 0 unspecified atom stereocenters. The first-order valence-corrected chi connectivity index (χ1v) is 4.42. The molecule has 0 aromatic rings. The van der Waals surface area contributed by atoms with Crippen LogP contribution in [0.2, 0.25) is 0 Å². The van der Waals surface area contributed by atoms with Gasteiger partial charge in [-0.2, -0.15) is 0 Å². The van der Waals surface area contributed by atoms with Crippen LogP contribution in [-0.2, 0) is 9.53 Å². The van der Waals surface area contributed by atoms with Gasteiger partial charge in [0.25, 0.3) is 6.47 Å². The van der Waals surface area contributed by atoms with Crippen LogP contribution in [0.3, 0.4) is 0 Å². The van der Waals surface area contributed by atoms with Crippen molar-refractivity contribution in [1.29, 1.82) is 0 Å². The summed E-state index contributed by atoms with van der Waals surface area (Å²) in [5.41, 5.74) is -0.318. The lowest BCUT2D eigenvalue weighted by atomic mass is 10.2. The minimum Gasteiger partial charge on any atom is -0.462 e. The van der Waals surface area contributed by atoms with Crippen LogP contribution in [0.5, 0.6) is 0 Å². The second-order valence-electron chi connectivity index (χ2n) is 3.92. The highest BCUT2D eigenvalue weighted by molar-refractivity contribution is 5.37. The first-order valence-electron chi connectivity index (χ1n) is 4.42. The normalized spacial score (nSPS) is 21.7. The van der Waals surface area contributed by atoms with E-state index < -0.39 is 6.17 Å². The highest BCUT2D eigenvalue weighted by atomic mass is 19.1. The second kappa shape index (κ2) is 5.91. The Kier molecular flexibility index (Phi) is 5.62. The number of carbonyl (C=O) groups is 1. The van der Waals surface area contributed by atoms with Crippen molar-refractivity contribution in [1.82, 2.24) is 5.32 Å². The molecule has 13 heavy (non-hydrogen) atoms. The Morgan fingerprint density at radius 1 is 1.54 bits per heavy atom. The molecule has 0 aromatic carbocycles. The van der Waals surface area contributed by atoms with Crippen molar-refractivity contribution < 1.29 is 13.9 Å². The van der Waals surface area contributed by atoms with Crippen LogP contribution in [0.25, 0.3) is 0 Å². The number of hydrogen-bond acceptors (Lipinski definition) is 3. The van der Waals surface area contributed by atoms with Gasteiger partial charge in [-0.25, -0.2) is 4.39 Å². The monoisotopic (exact) mass is 191 g/mol. The van der Waals surface area contributed by atoms with Crippen LogP contribution in [0.4, 0.5) is 4.39 Å². The average molecular weight is 191 g/mol. The molecule has 1 saturated heterocycles. The quantitative estimate of drug-likeness (QED) is 0.634. The summed E-state index contributed by atoms with van der Waals surface area (Å²) in [5, 5.41) is 2.90. The van der Waals surface area contributed by atoms with Crippen molar-refractivity contribution in [3.8, 4) is 0 Å². The SMILES string of the molecule is CC(C)(C)OC=O.F[C@H]1CCNC1. The topological polar surface area (TPSA) is 38.3 Å². The van der Waals surface area contributed by atoms with Gasteiger partial charge in [0.1, 0.15) is 11.8 Å². The van der Waals surface area contributed by atoms with E-state index in [-0.39, 0.29) is 5.60 Å². The van der Waals surface area contributed by atoms with E-state index in [4.69, 9.17) is 0 Å². The molecule has 3 nitrogen and oxygen atoms in total. The van der Waals surface area contributed by atoms with Crippen molar-refractivity contribution in [2.75, 3.05) is 13.1 Å². The second-order valence-corrected chi connectivity index (χ2v) is 3.92. The molecular weight excluding hydrogens is 173 g/mol. The summed E-state index contributed by atoms with van der Waals surface area (Å²) in [4.78, 5) is 9.60. The number of hydrogen-bond donors (Lipinski definition) is 1. The summed E-state index contributed by atoms with van der Waals surface area (Å²) >= 11 is 0. The van der Waals surface area contributed by atoms with Crippen molar-refractivity contribution in [3.63, 3.8) is 0 Å². The van der Waals surface area contributed by atoms with Gasteiger partial charge in [0.2, 0.25) is 0 Å². The van der Waals surface area contributed by atoms with Crippen molar-refractivity contribution >= 4 is 6.47 Å². The Bertz CT molecular complexity index is 139. The molecule has 0 amide bonds. The molecule has 0 saturated carbocycles. The number of halogens is 1. The van der Waals surface area contributed by atoms with Gasteiger partial charge in [-0.3, -0.25) is 4.79 Å². The Hall–Kier alpha value is -0.640. The molecule has 1 aliphatic rings. The summed E-state index contributed by atoms with van der Waals surface area (Å²) in [5.74, 6) is 0. The van der Waals surface area contributed by atoms with Crippen LogP contribution in [0.1, 0.15) is 27.2 Å². The molecule has 1 atom stereocenters. The van der Waals surface area contributed by atoms with Gasteiger partial charge >= 0.3 is 0 Å². The lowest BCUT2D eigenvalue weighted by molar-refractivity contribution is -0.138. The number of ether oxygens (including phenoxy) is 1. The standard InChI is InChI=1S/C5H10O2.C4H8FN/c1-5(2,3)7-4-6;5-4-1-2-6-3-4/h4H,1-3H3;4,6H,1-3H2/t;4-/m.0/s1. The van der Waals surface area contributed by atoms with Crippen LogP contribution >= 0.6 is 0 Å². The van der Waals surface area contributed by atoms with Gasteiger partial charge in [0.15, 0.2) is 0 Å². The molecule has 0 radical (unpaired) electrons. The molecule has 0 bridgehead atoms. The molecular formula is C9H18FNO2. The molecule has 1 rings (SSSR count). The van der Waals surface area contributed by atoms with Crippen LogP contribution < -0.4 is 5.32 Å². The Morgan fingerprint density at radius 2 is 2.15 bits per heavy atom. The van der Waals surface area contributed by atoms with Crippen molar-refractivity contribution in [3.05, 3.63) is 0 Å². The summed E-state index contributed by atoms with van der Waals surface area (Å²) in [6.07, 6.45) is 0.144. The largest absolute Gasteiger partial charge is 0.462 e. The molecule has 1 N–H and O–H groups in total. The highest BCUT2D eigenvalue weighted by Crippen LogP contribution is 2.02. The summed E-state index contributed by atoms with van der Waals surface area (Å²) < 4.78 is 16.4. The number of nitrogens with one attached hydrogen (secondary N) is 1. The first kappa shape index (κ1) is 12.4. The first-order chi connectivity index (χ1) is 5.95. The van der Waals surface area contributed by atoms with E-state index in [1.54, 1.807) is 0 Å². The fourth-order valence-corrected chi connectivity index (χ4v) is 0.764. The molecule has 78 valence electrons. The summed E-state index contributed by atoms with van der Waals surface area (Å²) in [6.45, 7) is 7.35. The lowest BCUT2D eigenvalue weighted by Crippen LogP contribution is -2.17. The van der Waals surface area contributed by atoms with Gasteiger partial charge in [-0.15, -0.1) is 0 Å².